The Morgan fingerprint density at radius 2 is 1.72 bits per heavy atom. The first-order valence-corrected chi connectivity index (χ1v) is 11.9. The van der Waals surface area contributed by atoms with E-state index in [-0.39, 0.29) is 12.0 Å². The fraction of sp³-hybridized carbons (Fsp3) is 0.615. The zero-order valence-electron chi connectivity index (χ0n) is 21.3. The minimum atomic E-state index is -2.06. The Balaban J connectivity index is 2.40. The summed E-state index contributed by atoms with van der Waals surface area (Å²) in [5.41, 5.74) is -2.37. The summed E-state index contributed by atoms with van der Waals surface area (Å²) in [4.78, 5) is 49.4. The fourth-order valence-corrected chi connectivity index (χ4v) is 5.72. The van der Waals surface area contributed by atoms with Gasteiger partial charge in [0, 0.05) is 33.1 Å². The lowest BCUT2D eigenvalue weighted by molar-refractivity contribution is -0.211. The molecule has 10 heteroatoms. The maximum atomic E-state index is 12.7. The van der Waals surface area contributed by atoms with Crippen LogP contribution >= 0.6 is 0 Å². The Bertz CT molecular complexity index is 1030. The van der Waals surface area contributed by atoms with Crippen molar-refractivity contribution < 1.29 is 48.3 Å². The van der Waals surface area contributed by atoms with Crippen LogP contribution in [-0.2, 0) is 38.1 Å². The predicted molar refractivity (Wildman–Crippen MR) is 125 cm³/mol. The van der Waals surface area contributed by atoms with Gasteiger partial charge in [0.05, 0.1) is 17.9 Å². The van der Waals surface area contributed by atoms with Gasteiger partial charge in [0.2, 0.25) is 0 Å². The molecular weight excluding hydrogens is 472 g/mol. The lowest BCUT2D eigenvalue weighted by Crippen LogP contribution is -2.65. The number of aliphatic hydroxyl groups is 2. The second-order valence-electron chi connectivity index (χ2n) is 9.91. The van der Waals surface area contributed by atoms with E-state index in [2.05, 4.69) is 0 Å². The van der Waals surface area contributed by atoms with Crippen LogP contribution in [0.4, 0.5) is 0 Å². The maximum absolute atomic E-state index is 12.7. The van der Waals surface area contributed by atoms with Crippen LogP contribution in [0.1, 0.15) is 48.0 Å². The summed E-state index contributed by atoms with van der Waals surface area (Å²) in [7, 11) is 0. The van der Waals surface area contributed by atoms with Crippen LogP contribution in [0.15, 0.2) is 35.5 Å². The summed E-state index contributed by atoms with van der Waals surface area (Å²) in [6.45, 7) is 8.16. The number of fused-ring (bicyclic) bond motifs is 2. The smallest absolute Gasteiger partial charge is 0.312 e. The largest absolute Gasteiger partial charge is 0.461 e. The molecule has 0 aromatic rings. The molecule has 3 aliphatic rings. The molecule has 1 heterocycles. The standard InChI is InChI=1S/C26H34O10/c1-13-7-9-19(33-15(3)28)25(6)20(34-16(4)29)10-8-18(12-27)11-21-26(32,14(2)24(31)36-21)23(22(13)25)35-17(5)30/h7-8,10-11,14,19-23,27,32H,9,12H2,1-6H3/b10-8-,18-11+/t14-,19-,20-,21-,22+,23-,25+,26-/m0/s1. The maximum Gasteiger partial charge on any atom is 0.312 e. The highest BCUT2D eigenvalue weighted by molar-refractivity contribution is 5.78. The number of carbonyl (C=O) groups excluding carboxylic acids is 4. The minimum absolute atomic E-state index is 0.270. The van der Waals surface area contributed by atoms with Crippen molar-refractivity contribution in [3.63, 3.8) is 0 Å². The Labute approximate surface area is 209 Å². The van der Waals surface area contributed by atoms with Crippen molar-refractivity contribution in [3.05, 3.63) is 35.5 Å². The van der Waals surface area contributed by atoms with Gasteiger partial charge in [-0.25, -0.2) is 0 Å². The zero-order chi connectivity index (χ0) is 27.0. The summed E-state index contributed by atoms with van der Waals surface area (Å²) in [5.74, 6) is -4.60. The Morgan fingerprint density at radius 1 is 1.11 bits per heavy atom. The van der Waals surface area contributed by atoms with E-state index in [1.54, 1.807) is 19.9 Å². The average molecular weight is 507 g/mol. The van der Waals surface area contributed by atoms with Gasteiger partial charge in [0.1, 0.15) is 18.3 Å². The van der Waals surface area contributed by atoms with Crippen LogP contribution in [0.5, 0.6) is 0 Å². The molecule has 0 radical (unpaired) electrons. The van der Waals surface area contributed by atoms with E-state index in [1.807, 2.05) is 6.08 Å². The van der Waals surface area contributed by atoms with Crippen molar-refractivity contribution in [1.82, 2.24) is 0 Å². The van der Waals surface area contributed by atoms with Crippen molar-refractivity contribution >= 4 is 23.9 Å². The number of hydrogen-bond donors (Lipinski definition) is 2. The molecule has 1 aliphatic heterocycles. The third kappa shape index (κ3) is 4.71. The van der Waals surface area contributed by atoms with Crippen LogP contribution < -0.4 is 0 Å². The molecule has 2 N–H and O–H groups in total. The van der Waals surface area contributed by atoms with Gasteiger partial charge in [-0.05, 0) is 31.6 Å². The Kier molecular flexibility index (Phi) is 7.80. The highest BCUT2D eigenvalue weighted by Crippen LogP contribution is 2.54. The van der Waals surface area contributed by atoms with Gasteiger partial charge in [-0.2, -0.15) is 0 Å². The van der Waals surface area contributed by atoms with Crippen molar-refractivity contribution in [2.45, 2.75) is 78.0 Å². The quantitative estimate of drug-likeness (QED) is 0.327. The van der Waals surface area contributed by atoms with Gasteiger partial charge in [-0.3, -0.25) is 19.2 Å². The van der Waals surface area contributed by atoms with Gasteiger partial charge in [-0.1, -0.05) is 24.6 Å². The van der Waals surface area contributed by atoms with Crippen molar-refractivity contribution in [2.75, 3.05) is 6.61 Å². The van der Waals surface area contributed by atoms with Gasteiger partial charge < -0.3 is 29.2 Å². The summed E-state index contributed by atoms with van der Waals surface area (Å²) in [6, 6.07) is 0. The second-order valence-corrected chi connectivity index (χ2v) is 9.91. The zero-order valence-corrected chi connectivity index (χ0v) is 21.3. The number of carbonyl (C=O) groups is 4. The van der Waals surface area contributed by atoms with Crippen molar-refractivity contribution in [1.29, 1.82) is 0 Å². The van der Waals surface area contributed by atoms with Gasteiger partial charge in [0.15, 0.2) is 11.7 Å². The van der Waals surface area contributed by atoms with E-state index < -0.39 is 77.8 Å². The molecule has 0 amide bonds. The monoisotopic (exact) mass is 506 g/mol. The number of rotatable bonds is 4. The molecule has 0 bridgehead atoms. The van der Waals surface area contributed by atoms with Gasteiger partial charge >= 0.3 is 23.9 Å². The molecule has 2 aliphatic carbocycles. The van der Waals surface area contributed by atoms with E-state index in [9.17, 15) is 29.4 Å². The Morgan fingerprint density at radius 3 is 2.28 bits per heavy atom. The van der Waals surface area contributed by atoms with Crippen molar-refractivity contribution in [2.24, 2.45) is 17.3 Å². The summed E-state index contributed by atoms with van der Waals surface area (Å²) >= 11 is 0. The van der Waals surface area contributed by atoms with Gasteiger partial charge in [0.25, 0.3) is 0 Å². The number of ether oxygens (including phenoxy) is 4. The molecule has 0 aromatic carbocycles. The topological polar surface area (TPSA) is 146 Å². The van der Waals surface area contributed by atoms with Gasteiger partial charge in [-0.15, -0.1) is 0 Å². The molecule has 1 fully saturated rings. The molecule has 0 saturated carbocycles. The van der Waals surface area contributed by atoms with E-state index in [1.165, 1.54) is 39.8 Å². The molecule has 36 heavy (non-hydrogen) atoms. The second kappa shape index (κ2) is 10.2. The molecule has 3 rings (SSSR count). The minimum Gasteiger partial charge on any atom is -0.461 e. The molecule has 0 unspecified atom stereocenters. The van der Waals surface area contributed by atoms with Crippen LogP contribution in [0.25, 0.3) is 0 Å². The Hall–Kier alpha value is -2.98. The molecule has 198 valence electrons. The first-order chi connectivity index (χ1) is 16.8. The molecule has 10 nitrogen and oxygen atoms in total. The highest BCUT2D eigenvalue weighted by atomic mass is 16.6. The SMILES string of the molecule is CC(=O)O[C@H]1/C=C\C(CO)=C/[C@@H]2OC(=O)[C@H](C)[C@@]2(O)[C@@H](OC(C)=O)[C@H]2C(C)=CC[C@H](OC(C)=O)[C@]12C. The van der Waals surface area contributed by atoms with Crippen LogP contribution in [-0.4, -0.2) is 70.7 Å². The van der Waals surface area contributed by atoms with Crippen LogP contribution in [0, 0.1) is 17.3 Å². The summed E-state index contributed by atoms with van der Waals surface area (Å²) < 4.78 is 22.7. The molecule has 0 aromatic heterocycles. The fourth-order valence-electron chi connectivity index (χ4n) is 5.72. The van der Waals surface area contributed by atoms with E-state index >= 15 is 0 Å². The van der Waals surface area contributed by atoms with E-state index in [0.717, 1.165) is 0 Å². The first kappa shape index (κ1) is 27.6. The third-order valence-electron chi connectivity index (χ3n) is 7.55. The lowest BCUT2D eigenvalue weighted by Gasteiger charge is -2.53. The normalized spacial score (nSPS) is 40.3. The molecular formula is C26H34O10. The van der Waals surface area contributed by atoms with E-state index in [0.29, 0.717) is 5.57 Å². The van der Waals surface area contributed by atoms with Crippen molar-refractivity contribution in [3.8, 4) is 0 Å². The van der Waals surface area contributed by atoms with Crippen LogP contribution in [0.3, 0.4) is 0 Å². The average Bonchev–Trinajstić information content (AvgIpc) is 2.99. The predicted octanol–water partition coefficient (Wildman–Crippen LogP) is 1.54. The summed E-state index contributed by atoms with van der Waals surface area (Å²) in [5, 5.41) is 22.2. The first-order valence-electron chi connectivity index (χ1n) is 11.9. The number of hydrogen-bond acceptors (Lipinski definition) is 10. The molecule has 0 spiro atoms. The molecule has 1 saturated heterocycles. The highest BCUT2D eigenvalue weighted by Gasteiger charge is 2.66. The summed E-state index contributed by atoms with van der Waals surface area (Å²) in [6.07, 6.45) is 2.03. The van der Waals surface area contributed by atoms with Crippen LogP contribution in [0.2, 0.25) is 0 Å². The third-order valence-corrected chi connectivity index (χ3v) is 7.55. The molecule has 8 atom stereocenters. The number of aliphatic hydroxyl groups excluding tert-OH is 1. The lowest BCUT2D eigenvalue weighted by atomic mass is 9.56. The van der Waals surface area contributed by atoms with E-state index in [4.69, 9.17) is 18.9 Å². The number of esters is 4.